The molecule has 3 fully saturated rings. The van der Waals surface area contributed by atoms with Crippen LogP contribution >= 0.6 is 0 Å². The molecular formula is C23H35N7O2. The van der Waals surface area contributed by atoms with E-state index in [9.17, 15) is 0 Å². The second-order valence-corrected chi connectivity index (χ2v) is 9.35. The second kappa shape index (κ2) is 9.82. The van der Waals surface area contributed by atoms with Crippen LogP contribution in [0.5, 0.6) is 0 Å². The summed E-state index contributed by atoms with van der Waals surface area (Å²) in [5.74, 6) is 2.10. The third kappa shape index (κ3) is 4.66. The number of aryl methyl sites for hydroxylation is 1. The molecule has 3 aliphatic rings. The molecule has 0 bridgehead atoms. The lowest BCUT2D eigenvalue weighted by Gasteiger charge is -2.34. The maximum Gasteiger partial charge on any atom is 0.132 e. The zero-order chi connectivity index (χ0) is 21.9. The Morgan fingerprint density at radius 2 is 1.97 bits per heavy atom. The number of rotatable bonds is 7. The first-order valence-corrected chi connectivity index (χ1v) is 11.9. The first-order chi connectivity index (χ1) is 15.7. The standard InChI is InChI=1S/C23H35N7O2/c1-29-14-17(13-26-29)16-3-4-20-19(11-16)23(28-27-20)21-12-22(25-15-24-21)30-7-5-18(6-8-30)32-10-9-31-2/h12-16,18-20,23,27-28H,3-11H2,1-2H3. The fourth-order valence-electron chi connectivity index (χ4n) is 5.56. The van der Waals surface area contributed by atoms with Gasteiger partial charge < -0.3 is 14.4 Å². The normalized spacial score (nSPS) is 28.8. The van der Waals surface area contributed by atoms with Crippen LogP contribution < -0.4 is 15.8 Å². The van der Waals surface area contributed by atoms with Crippen molar-refractivity contribution in [3.63, 3.8) is 0 Å². The molecule has 2 aromatic heterocycles. The number of aromatic nitrogens is 4. The molecule has 2 aromatic rings. The average molecular weight is 442 g/mol. The molecule has 4 atom stereocenters. The zero-order valence-corrected chi connectivity index (χ0v) is 19.1. The minimum Gasteiger partial charge on any atom is -0.382 e. The smallest absolute Gasteiger partial charge is 0.132 e. The fourth-order valence-corrected chi connectivity index (χ4v) is 5.56. The Labute approximate surface area is 189 Å². The number of hydrogen-bond donors (Lipinski definition) is 2. The topological polar surface area (TPSA) is 89.4 Å². The molecule has 0 spiro atoms. The van der Waals surface area contributed by atoms with Gasteiger partial charge in [-0.25, -0.2) is 15.4 Å². The monoisotopic (exact) mass is 441 g/mol. The largest absolute Gasteiger partial charge is 0.382 e. The van der Waals surface area contributed by atoms with Gasteiger partial charge >= 0.3 is 0 Å². The highest BCUT2D eigenvalue weighted by Crippen LogP contribution is 2.43. The van der Waals surface area contributed by atoms with E-state index in [1.165, 1.54) is 18.4 Å². The second-order valence-electron chi connectivity index (χ2n) is 9.35. The van der Waals surface area contributed by atoms with Crippen LogP contribution in [0, 0.1) is 5.92 Å². The number of methoxy groups -OCH3 is 1. The van der Waals surface area contributed by atoms with Crippen molar-refractivity contribution < 1.29 is 9.47 Å². The molecular weight excluding hydrogens is 406 g/mol. The summed E-state index contributed by atoms with van der Waals surface area (Å²) in [7, 11) is 3.70. The highest BCUT2D eigenvalue weighted by atomic mass is 16.5. The number of fused-ring (bicyclic) bond motifs is 1. The van der Waals surface area contributed by atoms with Gasteiger partial charge in [-0.15, -0.1) is 0 Å². The Balaban J connectivity index is 1.23. The first kappa shape index (κ1) is 21.8. The van der Waals surface area contributed by atoms with Gasteiger partial charge in [-0.3, -0.25) is 10.1 Å². The van der Waals surface area contributed by atoms with Crippen molar-refractivity contribution in [3.05, 3.63) is 36.0 Å². The number of hydrogen-bond acceptors (Lipinski definition) is 8. The van der Waals surface area contributed by atoms with Gasteiger partial charge in [-0.1, -0.05) is 0 Å². The van der Waals surface area contributed by atoms with Gasteiger partial charge in [0.15, 0.2) is 0 Å². The van der Waals surface area contributed by atoms with E-state index in [2.05, 4.69) is 43.1 Å². The lowest BCUT2D eigenvalue weighted by atomic mass is 9.73. The van der Waals surface area contributed by atoms with Gasteiger partial charge in [0.25, 0.3) is 0 Å². The highest BCUT2D eigenvalue weighted by molar-refractivity contribution is 5.40. The zero-order valence-electron chi connectivity index (χ0n) is 19.1. The van der Waals surface area contributed by atoms with E-state index < -0.39 is 0 Å². The maximum atomic E-state index is 5.91. The predicted molar refractivity (Wildman–Crippen MR) is 121 cm³/mol. The molecule has 1 saturated carbocycles. The van der Waals surface area contributed by atoms with Crippen LogP contribution in [0.15, 0.2) is 24.8 Å². The minimum atomic E-state index is 0.205. The molecule has 0 radical (unpaired) electrons. The number of nitrogens with one attached hydrogen (secondary N) is 2. The summed E-state index contributed by atoms with van der Waals surface area (Å²) in [4.78, 5) is 11.6. The number of hydrazine groups is 1. The summed E-state index contributed by atoms with van der Waals surface area (Å²) in [5, 5.41) is 4.39. The molecule has 0 amide bonds. The van der Waals surface area contributed by atoms with Crippen LogP contribution in [0.1, 0.15) is 55.3 Å². The molecule has 4 unspecified atom stereocenters. The van der Waals surface area contributed by atoms with Crippen LogP contribution in [0.25, 0.3) is 0 Å². The third-order valence-electron chi connectivity index (χ3n) is 7.35. The van der Waals surface area contributed by atoms with Gasteiger partial charge in [0.05, 0.1) is 37.3 Å². The quantitative estimate of drug-likeness (QED) is 0.630. The van der Waals surface area contributed by atoms with E-state index in [0.29, 0.717) is 37.2 Å². The molecule has 9 heteroatoms. The Morgan fingerprint density at radius 1 is 1.09 bits per heavy atom. The van der Waals surface area contributed by atoms with E-state index in [0.717, 1.165) is 43.9 Å². The van der Waals surface area contributed by atoms with Crippen molar-refractivity contribution in [2.24, 2.45) is 13.0 Å². The van der Waals surface area contributed by atoms with Crippen LogP contribution in [-0.2, 0) is 16.5 Å². The summed E-state index contributed by atoms with van der Waals surface area (Å²) < 4.78 is 12.9. The van der Waals surface area contributed by atoms with Gasteiger partial charge in [-0.2, -0.15) is 5.10 Å². The van der Waals surface area contributed by atoms with E-state index in [1.54, 1.807) is 13.4 Å². The molecule has 174 valence electrons. The number of ether oxygens (including phenoxy) is 2. The van der Waals surface area contributed by atoms with E-state index in [4.69, 9.17) is 9.47 Å². The third-order valence-corrected chi connectivity index (χ3v) is 7.35. The molecule has 1 aliphatic carbocycles. The van der Waals surface area contributed by atoms with Crippen LogP contribution in [0.2, 0.25) is 0 Å². The number of piperidine rings is 1. The Hall–Kier alpha value is -2.07. The van der Waals surface area contributed by atoms with Crippen LogP contribution in [-0.4, -0.2) is 65.3 Å². The summed E-state index contributed by atoms with van der Waals surface area (Å²) in [5.41, 5.74) is 9.53. The maximum absolute atomic E-state index is 5.91. The van der Waals surface area contributed by atoms with Crippen molar-refractivity contribution in [1.82, 2.24) is 30.6 Å². The number of anilines is 1. The van der Waals surface area contributed by atoms with Crippen LogP contribution in [0.4, 0.5) is 5.82 Å². The number of nitrogens with zero attached hydrogens (tertiary/aromatic N) is 5. The lowest BCUT2D eigenvalue weighted by Crippen LogP contribution is -2.38. The van der Waals surface area contributed by atoms with Crippen molar-refractivity contribution in [2.45, 2.75) is 56.2 Å². The Morgan fingerprint density at radius 3 is 2.75 bits per heavy atom. The van der Waals surface area contributed by atoms with E-state index in [-0.39, 0.29) is 6.04 Å². The molecule has 5 rings (SSSR count). The summed E-state index contributed by atoms with van der Waals surface area (Å²) in [6, 6.07) is 2.88. The first-order valence-electron chi connectivity index (χ1n) is 11.9. The van der Waals surface area contributed by atoms with Crippen LogP contribution in [0.3, 0.4) is 0 Å². The molecule has 2 aliphatic heterocycles. The van der Waals surface area contributed by atoms with Gasteiger partial charge in [0.2, 0.25) is 0 Å². The van der Waals surface area contributed by atoms with Crippen molar-refractivity contribution in [3.8, 4) is 0 Å². The summed E-state index contributed by atoms with van der Waals surface area (Å²) in [6.07, 6.45) is 11.8. The molecule has 32 heavy (non-hydrogen) atoms. The minimum absolute atomic E-state index is 0.205. The molecule has 0 aromatic carbocycles. The van der Waals surface area contributed by atoms with Crippen molar-refractivity contribution >= 4 is 5.82 Å². The Kier molecular flexibility index (Phi) is 6.68. The molecule has 2 N–H and O–H groups in total. The molecule has 4 heterocycles. The van der Waals surface area contributed by atoms with Gasteiger partial charge in [0, 0.05) is 45.6 Å². The van der Waals surface area contributed by atoms with Gasteiger partial charge in [-0.05, 0) is 49.5 Å². The molecule has 9 nitrogen and oxygen atoms in total. The lowest BCUT2D eigenvalue weighted by molar-refractivity contribution is 0.00604. The predicted octanol–water partition coefficient (Wildman–Crippen LogP) is 1.94. The van der Waals surface area contributed by atoms with Crippen molar-refractivity contribution in [1.29, 1.82) is 0 Å². The SMILES string of the molecule is COCCOC1CCN(c2cc(C3NNC4CCC(c5cnn(C)c5)CC43)ncn2)CC1. The van der Waals surface area contributed by atoms with Gasteiger partial charge in [0.1, 0.15) is 12.1 Å². The summed E-state index contributed by atoms with van der Waals surface area (Å²) >= 11 is 0. The average Bonchev–Trinajstić information content (AvgIpc) is 3.45. The van der Waals surface area contributed by atoms with Crippen molar-refractivity contribution in [2.75, 3.05) is 38.3 Å². The highest BCUT2D eigenvalue weighted by Gasteiger charge is 2.42. The Bertz CT molecular complexity index is 883. The summed E-state index contributed by atoms with van der Waals surface area (Å²) in [6.45, 7) is 3.24. The fraction of sp³-hybridized carbons (Fsp3) is 0.696. The van der Waals surface area contributed by atoms with E-state index >= 15 is 0 Å². The molecule has 2 saturated heterocycles. The van der Waals surface area contributed by atoms with E-state index in [1.807, 2.05) is 17.9 Å².